The minimum atomic E-state index is -0.602. The summed E-state index contributed by atoms with van der Waals surface area (Å²) in [5.74, 6) is -0.911. The molecule has 1 unspecified atom stereocenters. The van der Waals surface area contributed by atoms with Crippen LogP contribution >= 0.6 is 0 Å². The molecule has 5 nitrogen and oxygen atoms in total. The second-order valence-corrected chi connectivity index (χ2v) is 3.94. The molecule has 0 aliphatic carbocycles. The Morgan fingerprint density at radius 2 is 2.00 bits per heavy atom. The Balaban J connectivity index is 2.25. The number of nitrogens with zero attached hydrogens (tertiary/aromatic N) is 2. The van der Waals surface area contributed by atoms with Gasteiger partial charge in [0.15, 0.2) is 0 Å². The van der Waals surface area contributed by atoms with Crippen LogP contribution in [0.25, 0.3) is 0 Å². The van der Waals surface area contributed by atoms with Crippen LogP contribution in [0.2, 0.25) is 0 Å². The highest BCUT2D eigenvalue weighted by Gasteiger charge is 2.13. The molecule has 0 saturated carbocycles. The molecule has 3 N–H and O–H groups in total. The maximum absolute atomic E-state index is 13.5. The van der Waals surface area contributed by atoms with Crippen LogP contribution in [-0.2, 0) is 0 Å². The van der Waals surface area contributed by atoms with Gasteiger partial charge < -0.3 is 15.5 Å². The number of aryl methyl sites for hydroxylation is 1. The van der Waals surface area contributed by atoms with Crippen LogP contribution in [0.5, 0.6) is 0 Å². The summed E-state index contributed by atoms with van der Waals surface area (Å²) >= 11 is 0. The van der Waals surface area contributed by atoms with E-state index in [2.05, 4.69) is 15.5 Å². The highest BCUT2D eigenvalue weighted by Crippen LogP contribution is 2.23. The summed E-state index contributed by atoms with van der Waals surface area (Å²) in [6.07, 6.45) is 0. The number of nitrogens with two attached hydrogens (primary N) is 1. The number of hydrogen-bond acceptors (Lipinski definition) is 5. The molecule has 1 aromatic carbocycles. The van der Waals surface area contributed by atoms with Gasteiger partial charge in [0.1, 0.15) is 11.6 Å². The van der Waals surface area contributed by atoms with Gasteiger partial charge in [-0.3, -0.25) is 0 Å². The van der Waals surface area contributed by atoms with Gasteiger partial charge in [-0.2, -0.15) is 0 Å². The predicted octanol–water partition coefficient (Wildman–Crippen LogP) is 2.42. The van der Waals surface area contributed by atoms with E-state index in [-0.39, 0.29) is 23.2 Å². The van der Waals surface area contributed by atoms with Gasteiger partial charge in [0.25, 0.3) is 0 Å². The number of aromatic nitrogens is 2. The molecule has 1 aromatic heterocycles. The van der Waals surface area contributed by atoms with E-state index < -0.39 is 17.7 Å². The standard InChI is InChI=1S/C11H12F2N4O/c1-5-3-8(13)9(4-7(5)12)15-11-17-16-10(18-11)6(2)14/h3-4,6H,14H2,1-2H3,(H,15,17). The fourth-order valence-electron chi connectivity index (χ4n) is 1.33. The Morgan fingerprint density at radius 3 is 2.61 bits per heavy atom. The third kappa shape index (κ3) is 2.45. The Kier molecular flexibility index (Phi) is 3.24. The molecule has 1 atom stereocenters. The quantitative estimate of drug-likeness (QED) is 0.879. The fourth-order valence-corrected chi connectivity index (χ4v) is 1.33. The smallest absolute Gasteiger partial charge is 0.320 e. The largest absolute Gasteiger partial charge is 0.406 e. The van der Waals surface area contributed by atoms with E-state index in [1.807, 2.05) is 0 Å². The van der Waals surface area contributed by atoms with Crippen LogP contribution in [0.15, 0.2) is 16.5 Å². The van der Waals surface area contributed by atoms with Crippen LogP contribution in [0, 0.1) is 18.6 Å². The summed E-state index contributed by atoms with van der Waals surface area (Å²) in [5, 5.41) is 9.79. The monoisotopic (exact) mass is 254 g/mol. The number of halogens is 2. The molecule has 0 aliphatic rings. The molecular weight excluding hydrogens is 242 g/mol. The van der Waals surface area contributed by atoms with Crippen molar-refractivity contribution in [3.05, 3.63) is 35.2 Å². The van der Waals surface area contributed by atoms with Crippen molar-refractivity contribution in [3.63, 3.8) is 0 Å². The summed E-state index contributed by atoms with van der Waals surface area (Å²) < 4.78 is 32.0. The lowest BCUT2D eigenvalue weighted by atomic mass is 10.2. The molecule has 18 heavy (non-hydrogen) atoms. The molecule has 0 fully saturated rings. The molecule has 0 aliphatic heterocycles. The molecule has 0 saturated heterocycles. The van der Waals surface area contributed by atoms with E-state index in [4.69, 9.17) is 10.2 Å². The van der Waals surface area contributed by atoms with E-state index in [0.717, 1.165) is 12.1 Å². The summed E-state index contributed by atoms with van der Waals surface area (Å²) in [5.41, 5.74) is 5.69. The summed E-state index contributed by atoms with van der Waals surface area (Å²) in [6, 6.07) is 1.65. The first-order valence-corrected chi connectivity index (χ1v) is 5.29. The van der Waals surface area contributed by atoms with Crippen molar-refractivity contribution in [1.82, 2.24) is 10.2 Å². The zero-order valence-corrected chi connectivity index (χ0v) is 9.87. The van der Waals surface area contributed by atoms with Gasteiger partial charge >= 0.3 is 6.01 Å². The Hall–Kier alpha value is -2.02. The minimum absolute atomic E-state index is 0.0375. The van der Waals surface area contributed by atoms with Gasteiger partial charge in [-0.25, -0.2) is 8.78 Å². The summed E-state index contributed by atoms with van der Waals surface area (Å²) in [4.78, 5) is 0. The maximum Gasteiger partial charge on any atom is 0.320 e. The fraction of sp³-hybridized carbons (Fsp3) is 0.273. The van der Waals surface area contributed by atoms with Crippen molar-refractivity contribution in [2.24, 2.45) is 5.73 Å². The Morgan fingerprint density at radius 1 is 1.28 bits per heavy atom. The van der Waals surface area contributed by atoms with E-state index in [9.17, 15) is 8.78 Å². The average Bonchev–Trinajstić information content (AvgIpc) is 2.74. The lowest BCUT2D eigenvalue weighted by molar-refractivity contribution is 0.475. The second-order valence-electron chi connectivity index (χ2n) is 3.94. The molecule has 0 spiro atoms. The van der Waals surface area contributed by atoms with Gasteiger partial charge in [0.05, 0.1) is 11.7 Å². The topological polar surface area (TPSA) is 77.0 Å². The lowest BCUT2D eigenvalue weighted by Gasteiger charge is -2.05. The van der Waals surface area contributed by atoms with E-state index in [1.54, 1.807) is 6.92 Å². The molecule has 0 bridgehead atoms. The molecule has 0 amide bonds. The van der Waals surface area contributed by atoms with E-state index >= 15 is 0 Å². The van der Waals surface area contributed by atoms with Crippen molar-refractivity contribution in [3.8, 4) is 0 Å². The molecule has 2 aromatic rings. The molecule has 96 valence electrons. The molecule has 1 heterocycles. The number of anilines is 2. The van der Waals surface area contributed by atoms with Gasteiger partial charge in [0.2, 0.25) is 5.89 Å². The second kappa shape index (κ2) is 4.69. The molecule has 0 radical (unpaired) electrons. The van der Waals surface area contributed by atoms with Crippen LogP contribution in [0.4, 0.5) is 20.5 Å². The Labute approximate surface area is 102 Å². The van der Waals surface area contributed by atoms with Crippen molar-refractivity contribution in [2.75, 3.05) is 5.32 Å². The van der Waals surface area contributed by atoms with Crippen molar-refractivity contribution in [1.29, 1.82) is 0 Å². The number of nitrogens with one attached hydrogen (secondary N) is 1. The van der Waals surface area contributed by atoms with Gasteiger partial charge in [-0.1, -0.05) is 5.10 Å². The Bertz CT molecular complexity index is 568. The molecule has 2 rings (SSSR count). The normalized spacial score (nSPS) is 12.5. The first kappa shape index (κ1) is 12.4. The third-order valence-electron chi connectivity index (χ3n) is 2.32. The van der Waals surface area contributed by atoms with E-state index in [1.165, 1.54) is 6.92 Å². The highest BCUT2D eigenvalue weighted by molar-refractivity contribution is 5.53. The van der Waals surface area contributed by atoms with Crippen LogP contribution in [-0.4, -0.2) is 10.2 Å². The highest BCUT2D eigenvalue weighted by atomic mass is 19.1. The van der Waals surface area contributed by atoms with Gasteiger partial charge in [-0.15, -0.1) is 5.10 Å². The number of hydrogen-bond donors (Lipinski definition) is 2. The van der Waals surface area contributed by atoms with Crippen molar-refractivity contribution in [2.45, 2.75) is 19.9 Å². The first-order valence-electron chi connectivity index (χ1n) is 5.29. The van der Waals surface area contributed by atoms with Gasteiger partial charge in [-0.05, 0) is 25.5 Å². The molecular formula is C11H12F2N4O. The van der Waals surface area contributed by atoms with Crippen molar-refractivity contribution >= 4 is 11.7 Å². The molecule has 7 heteroatoms. The number of benzene rings is 1. The van der Waals surface area contributed by atoms with Crippen LogP contribution in [0.1, 0.15) is 24.4 Å². The van der Waals surface area contributed by atoms with Crippen LogP contribution in [0.3, 0.4) is 0 Å². The zero-order valence-electron chi connectivity index (χ0n) is 9.87. The predicted molar refractivity (Wildman–Crippen MR) is 61.3 cm³/mol. The summed E-state index contributed by atoms with van der Waals surface area (Å²) in [7, 11) is 0. The maximum atomic E-state index is 13.5. The van der Waals surface area contributed by atoms with Crippen molar-refractivity contribution < 1.29 is 13.2 Å². The lowest BCUT2D eigenvalue weighted by Crippen LogP contribution is -2.04. The van der Waals surface area contributed by atoms with E-state index in [0.29, 0.717) is 0 Å². The third-order valence-corrected chi connectivity index (χ3v) is 2.32. The first-order chi connectivity index (χ1) is 8.47. The zero-order chi connectivity index (χ0) is 13.3. The minimum Gasteiger partial charge on any atom is -0.406 e. The SMILES string of the molecule is Cc1cc(F)c(Nc2nnc(C(C)N)o2)cc1F. The number of rotatable bonds is 3. The van der Waals surface area contributed by atoms with Gasteiger partial charge in [0, 0.05) is 6.07 Å². The summed E-state index contributed by atoms with van der Waals surface area (Å²) in [6.45, 7) is 3.15. The average molecular weight is 254 g/mol. The van der Waals surface area contributed by atoms with Crippen LogP contribution < -0.4 is 11.1 Å².